The number of hydrogen-bond acceptors (Lipinski definition) is 5. The summed E-state index contributed by atoms with van der Waals surface area (Å²) in [5.41, 5.74) is 1.00. The highest BCUT2D eigenvalue weighted by molar-refractivity contribution is 7.19. The average molecular weight is 305 g/mol. The summed E-state index contributed by atoms with van der Waals surface area (Å²) in [6.07, 6.45) is 4.69. The van der Waals surface area contributed by atoms with Crippen LogP contribution < -0.4 is 5.32 Å². The van der Waals surface area contributed by atoms with Crippen molar-refractivity contribution in [2.75, 3.05) is 19.0 Å². The SMILES string of the molecule is CCCNc1nc(C(C)(C)OC)nc2sc3c(c12)CCC3. The molecule has 0 spiro atoms. The van der Waals surface area contributed by atoms with Crippen LogP contribution in [0.3, 0.4) is 0 Å². The first-order valence-corrected chi connectivity index (χ1v) is 8.50. The first kappa shape index (κ1) is 14.7. The lowest BCUT2D eigenvalue weighted by atomic mass is 10.1. The van der Waals surface area contributed by atoms with Gasteiger partial charge in [-0.2, -0.15) is 0 Å². The van der Waals surface area contributed by atoms with Crippen LogP contribution in [-0.4, -0.2) is 23.6 Å². The van der Waals surface area contributed by atoms with Crippen LogP contribution in [0.5, 0.6) is 0 Å². The molecule has 2 heterocycles. The van der Waals surface area contributed by atoms with Crippen molar-refractivity contribution in [2.24, 2.45) is 0 Å². The smallest absolute Gasteiger partial charge is 0.163 e. The fourth-order valence-corrected chi connectivity index (χ4v) is 3.99. The standard InChI is InChI=1S/C16H23N3OS/c1-5-9-17-13-12-10-7-6-8-11(10)21-14(12)19-15(18-13)16(2,3)20-4/h5-9H2,1-4H3,(H,17,18,19). The highest BCUT2D eigenvalue weighted by atomic mass is 32.1. The molecular weight excluding hydrogens is 282 g/mol. The molecule has 0 amide bonds. The Labute approximate surface area is 129 Å². The van der Waals surface area contributed by atoms with Crippen LogP contribution >= 0.6 is 11.3 Å². The summed E-state index contributed by atoms with van der Waals surface area (Å²) >= 11 is 1.83. The second kappa shape index (κ2) is 5.54. The van der Waals surface area contributed by atoms with Gasteiger partial charge in [0.05, 0.1) is 5.39 Å². The molecule has 4 nitrogen and oxygen atoms in total. The van der Waals surface area contributed by atoms with E-state index < -0.39 is 5.60 Å². The van der Waals surface area contributed by atoms with E-state index in [1.54, 1.807) is 7.11 Å². The summed E-state index contributed by atoms with van der Waals surface area (Å²) in [7, 11) is 1.71. The number of anilines is 1. The van der Waals surface area contributed by atoms with Gasteiger partial charge in [-0.3, -0.25) is 0 Å². The molecular formula is C16H23N3OS. The zero-order valence-electron chi connectivity index (χ0n) is 13.2. The maximum atomic E-state index is 5.56. The molecule has 1 N–H and O–H groups in total. The van der Waals surface area contributed by atoms with Crippen LogP contribution in [0.25, 0.3) is 10.2 Å². The summed E-state index contributed by atoms with van der Waals surface area (Å²) in [6.45, 7) is 7.13. The van der Waals surface area contributed by atoms with Gasteiger partial charge < -0.3 is 10.1 Å². The van der Waals surface area contributed by atoms with Gasteiger partial charge in [0.1, 0.15) is 16.2 Å². The highest BCUT2D eigenvalue weighted by Crippen LogP contribution is 2.40. The lowest BCUT2D eigenvalue weighted by Crippen LogP contribution is -2.23. The van der Waals surface area contributed by atoms with Gasteiger partial charge in [-0.05, 0) is 45.1 Å². The van der Waals surface area contributed by atoms with Crippen LogP contribution in [0, 0.1) is 0 Å². The molecule has 1 aliphatic carbocycles. The highest BCUT2D eigenvalue weighted by Gasteiger charge is 2.28. The Morgan fingerprint density at radius 3 is 2.81 bits per heavy atom. The predicted octanol–water partition coefficient (Wildman–Crippen LogP) is 3.88. The van der Waals surface area contributed by atoms with Crippen LogP contribution in [0.1, 0.15) is 49.9 Å². The van der Waals surface area contributed by atoms with Gasteiger partial charge in [-0.15, -0.1) is 11.3 Å². The molecule has 1 aliphatic rings. The van der Waals surface area contributed by atoms with Crippen molar-refractivity contribution in [2.45, 2.75) is 52.1 Å². The molecule has 2 aromatic heterocycles. The van der Waals surface area contributed by atoms with E-state index in [1.807, 2.05) is 25.2 Å². The first-order chi connectivity index (χ1) is 10.1. The minimum Gasteiger partial charge on any atom is -0.371 e. The summed E-state index contributed by atoms with van der Waals surface area (Å²) < 4.78 is 5.56. The number of hydrogen-bond donors (Lipinski definition) is 1. The topological polar surface area (TPSA) is 47.0 Å². The molecule has 0 fully saturated rings. The molecule has 0 bridgehead atoms. The number of aryl methyl sites for hydroxylation is 2. The summed E-state index contributed by atoms with van der Waals surface area (Å²) in [6, 6.07) is 0. The van der Waals surface area contributed by atoms with Crippen LogP contribution in [0.4, 0.5) is 5.82 Å². The summed E-state index contributed by atoms with van der Waals surface area (Å²) in [5, 5.41) is 4.74. The Morgan fingerprint density at radius 2 is 2.10 bits per heavy atom. The minimum atomic E-state index is -0.467. The summed E-state index contributed by atoms with van der Waals surface area (Å²) in [5.74, 6) is 1.75. The van der Waals surface area contributed by atoms with Crippen LogP contribution in [0.2, 0.25) is 0 Å². The molecule has 21 heavy (non-hydrogen) atoms. The zero-order valence-corrected chi connectivity index (χ0v) is 14.1. The number of nitrogens with zero attached hydrogens (tertiary/aromatic N) is 2. The molecule has 0 aromatic carbocycles. The largest absolute Gasteiger partial charge is 0.371 e. The van der Waals surface area contributed by atoms with Gasteiger partial charge in [0.25, 0.3) is 0 Å². The molecule has 0 saturated carbocycles. The fraction of sp³-hybridized carbons (Fsp3) is 0.625. The third-order valence-corrected chi connectivity index (χ3v) is 5.34. The molecule has 0 aliphatic heterocycles. The van der Waals surface area contributed by atoms with Crippen LogP contribution in [-0.2, 0) is 23.2 Å². The van der Waals surface area contributed by atoms with Crippen molar-refractivity contribution >= 4 is 27.4 Å². The lowest BCUT2D eigenvalue weighted by Gasteiger charge is -2.22. The predicted molar refractivity (Wildman–Crippen MR) is 88.3 cm³/mol. The van der Waals surface area contributed by atoms with E-state index in [4.69, 9.17) is 14.7 Å². The minimum absolute atomic E-state index is 0.467. The van der Waals surface area contributed by atoms with Crippen molar-refractivity contribution < 1.29 is 4.74 Å². The third kappa shape index (κ3) is 2.53. The second-order valence-corrected chi connectivity index (χ2v) is 7.16. The quantitative estimate of drug-likeness (QED) is 0.910. The Morgan fingerprint density at radius 1 is 1.29 bits per heavy atom. The summed E-state index contributed by atoms with van der Waals surface area (Å²) in [4.78, 5) is 12.2. The van der Waals surface area contributed by atoms with Gasteiger partial charge in [0.2, 0.25) is 0 Å². The third-order valence-electron chi connectivity index (χ3n) is 4.16. The maximum absolute atomic E-state index is 5.56. The van der Waals surface area contributed by atoms with E-state index in [9.17, 15) is 0 Å². The van der Waals surface area contributed by atoms with E-state index in [0.717, 1.165) is 35.9 Å². The van der Waals surface area contributed by atoms with Gasteiger partial charge in [0.15, 0.2) is 5.82 Å². The number of aromatic nitrogens is 2. The molecule has 0 unspecified atom stereocenters. The van der Waals surface area contributed by atoms with E-state index in [0.29, 0.717) is 0 Å². The van der Waals surface area contributed by atoms with E-state index >= 15 is 0 Å². The molecule has 114 valence electrons. The number of nitrogens with one attached hydrogen (secondary N) is 1. The Hall–Kier alpha value is -1.20. The number of methoxy groups -OCH3 is 1. The molecule has 0 radical (unpaired) electrons. The molecule has 5 heteroatoms. The fourth-order valence-electron chi connectivity index (χ4n) is 2.73. The van der Waals surface area contributed by atoms with Crippen molar-refractivity contribution in [1.82, 2.24) is 9.97 Å². The number of rotatable bonds is 5. The van der Waals surface area contributed by atoms with Crippen molar-refractivity contribution in [3.8, 4) is 0 Å². The van der Waals surface area contributed by atoms with Gasteiger partial charge in [0, 0.05) is 18.5 Å². The normalized spacial score (nSPS) is 14.7. The van der Waals surface area contributed by atoms with Gasteiger partial charge >= 0.3 is 0 Å². The van der Waals surface area contributed by atoms with E-state index in [1.165, 1.54) is 28.7 Å². The molecule has 0 saturated heterocycles. The average Bonchev–Trinajstić information content (AvgIpc) is 3.04. The Bertz CT molecular complexity index is 663. The van der Waals surface area contributed by atoms with Gasteiger partial charge in [-0.25, -0.2) is 9.97 Å². The number of fused-ring (bicyclic) bond motifs is 3. The number of thiophene rings is 1. The molecule has 0 atom stereocenters. The van der Waals surface area contributed by atoms with E-state index in [-0.39, 0.29) is 0 Å². The molecule has 2 aromatic rings. The molecule has 3 rings (SSSR count). The maximum Gasteiger partial charge on any atom is 0.163 e. The Balaban J connectivity index is 2.17. The van der Waals surface area contributed by atoms with Crippen molar-refractivity contribution in [1.29, 1.82) is 0 Å². The second-order valence-electron chi connectivity index (χ2n) is 6.07. The zero-order chi connectivity index (χ0) is 15.0. The van der Waals surface area contributed by atoms with Crippen LogP contribution in [0.15, 0.2) is 0 Å². The monoisotopic (exact) mass is 305 g/mol. The van der Waals surface area contributed by atoms with Crippen molar-refractivity contribution in [3.63, 3.8) is 0 Å². The first-order valence-electron chi connectivity index (χ1n) is 7.68. The Kier molecular flexibility index (Phi) is 3.88. The van der Waals surface area contributed by atoms with Crippen molar-refractivity contribution in [3.05, 3.63) is 16.3 Å². The van der Waals surface area contributed by atoms with E-state index in [2.05, 4.69) is 12.2 Å². The number of ether oxygens (including phenoxy) is 1. The van der Waals surface area contributed by atoms with Gasteiger partial charge in [-0.1, -0.05) is 6.92 Å². The lowest BCUT2D eigenvalue weighted by molar-refractivity contribution is 0.0119.